The predicted octanol–water partition coefficient (Wildman–Crippen LogP) is 3.77. The van der Waals surface area contributed by atoms with Crippen LogP contribution in [0.5, 0.6) is 0 Å². The number of carbonyl (C=O) groups is 1. The van der Waals surface area contributed by atoms with E-state index in [0.717, 1.165) is 32.7 Å². The van der Waals surface area contributed by atoms with E-state index >= 15 is 0 Å². The van der Waals surface area contributed by atoms with Gasteiger partial charge in [0.05, 0.1) is 16.6 Å². The van der Waals surface area contributed by atoms with Gasteiger partial charge in [0.2, 0.25) is 0 Å². The van der Waals surface area contributed by atoms with Crippen LogP contribution in [0.1, 0.15) is 39.6 Å². The number of aromatic nitrogens is 3. The molecule has 0 spiro atoms. The molecule has 1 aromatic carbocycles. The summed E-state index contributed by atoms with van der Waals surface area (Å²) >= 11 is 2.77. The van der Waals surface area contributed by atoms with Crippen LogP contribution in [0.15, 0.2) is 29.6 Å². The van der Waals surface area contributed by atoms with Crippen LogP contribution in [-0.2, 0) is 0 Å². The fraction of sp³-hybridized carbons (Fsp3) is 0.250. The van der Waals surface area contributed by atoms with E-state index in [1.165, 1.54) is 5.56 Å². The van der Waals surface area contributed by atoms with Gasteiger partial charge in [-0.3, -0.25) is 4.79 Å². The average Bonchev–Trinajstić information content (AvgIpc) is 3.17. The lowest BCUT2D eigenvalue weighted by Crippen LogP contribution is -2.26. The number of thiazole rings is 1. The van der Waals surface area contributed by atoms with Crippen molar-refractivity contribution in [3.63, 3.8) is 0 Å². The van der Waals surface area contributed by atoms with Crippen molar-refractivity contribution in [2.45, 2.75) is 26.8 Å². The molecule has 0 aliphatic rings. The molecule has 2 aromatic heterocycles. The maximum Gasteiger partial charge on any atom is 0.273 e. The van der Waals surface area contributed by atoms with E-state index in [1.807, 2.05) is 13.8 Å². The van der Waals surface area contributed by atoms with Gasteiger partial charge in [-0.2, -0.15) is 0 Å². The molecule has 3 rings (SSSR count). The molecule has 1 amide bonds. The lowest BCUT2D eigenvalue weighted by atomic mass is 10.2. The van der Waals surface area contributed by atoms with Gasteiger partial charge in [0.25, 0.3) is 5.91 Å². The third kappa shape index (κ3) is 3.46. The summed E-state index contributed by atoms with van der Waals surface area (Å²) in [6, 6.07) is 8.17. The van der Waals surface area contributed by atoms with Crippen molar-refractivity contribution < 1.29 is 4.79 Å². The smallest absolute Gasteiger partial charge is 0.273 e. The van der Waals surface area contributed by atoms with Crippen molar-refractivity contribution in [2.75, 3.05) is 0 Å². The van der Waals surface area contributed by atoms with Crippen molar-refractivity contribution in [2.24, 2.45) is 0 Å². The van der Waals surface area contributed by atoms with Gasteiger partial charge in [-0.05, 0) is 32.3 Å². The zero-order valence-corrected chi connectivity index (χ0v) is 14.7. The van der Waals surface area contributed by atoms with Gasteiger partial charge >= 0.3 is 0 Å². The Bertz CT molecular complexity index is 809. The molecular weight excluding hydrogens is 328 g/mol. The molecule has 0 aliphatic heterocycles. The van der Waals surface area contributed by atoms with E-state index in [0.29, 0.717) is 5.69 Å². The van der Waals surface area contributed by atoms with Crippen LogP contribution in [-0.4, -0.2) is 20.5 Å². The number of nitrogens with one attached hydrogen (secondary N) is 1. The first kappa shape index (κ1) is 15.8. The molecule has 0 unspecified atom stereocenters. The van der Waals surface area contributed by atoms with E-state index in [2.05, 4.69) is 51.1 Å². The summed E-state index contributed by atoms with van der Waals surface area (Å²) in [5.74, 6) is -0.212. The fourth-order valence-corrected chi connectivity index (χ4v) is 3.74. The number of hydrogen-bond donors (Lipinski definition) is 1. The number of hydrogen-bond acceptors (Lipinski definition) is 6. The van der Waals surface area contributed by atoms with Gasteiger partial charge in [0.15, 0.2) is 5.69 Å². The molecule has 0 fully saturated rings. The fourth-order valence-electron chi connectivity index (χ4n) is 2.23. The van der Waals surface area contributed by atoms with Crippen molar-refractivity contribution in [3.05, 3.63) is 51.5 Å². The van der Waals surface area contributed by atoms with Crippen LogP contribution in [0.4, 0.5) is 0 Å². The Labute approximate surface area is 142 Å². The minimum atomic E-state index is -0.212. The minimum Gasteiger partial charge on any atom is -0.343 e. The molecule has 0 radical (unpaired) electrons. The lowest BCUT2D eigenvalue weighted by Gasteiger charge is -2.11. The standard InChI is InChI=1S/C16H16N4OS2/c1-9-4-6-12(7-5-9)16-18-11(3)14(23-16)10(2)17-15(21)13-8-22-20-19-13/h4-8,10H,1-3H3,(H,17,21)/t10-/m1/s1. The largest absolute Gasteiger partial charge is 0.343 e. The van der Waals surface area contributed by atoms with E-state index in [-0.39, 0.29) is 11.9 Å². The van der Waals surface area contributed by atoms with Crippen LogP contribution >= 0.6 is 22.9 Å². The lowest BCUT2D eigenvalue weighted by molar-refractivity contribution is 0.0935. The normalized spacial score (nSPS) is 12.1. The van der Waals surface area contributed by atoms with Gasteiger partial charge in [0.1, 0.15) is 5.01 Å². The molecule has 5 nitrogen and oxygen atoms in total. The molecule has 7 heteroatoms. The Morgan fingerprint density at radius 1 is 1.22 bits per heavy atom. The molecule has 0 aliphatic carbocycles. The molecule has 0 saturated carbocycles. The summed E-state index contributed by atoms with van der Waals surface area (Å²) in [6.07, 6.45) is 0. The van der Waals surface area contributed by atoms with Crippen LogP contribution in [0.25, 0.3) is 10.6 Å². The highest BCUT2D eigenvalue weighted by atomic mass is 32.1. The van der Waals surface area contributed by atoms with E-state index < -0.39 is 0 Å². The molecule has 2 heterocycles. The summed E-state index contributed by atoms with van der Waals surface area (Å²) in [7, 11) is 0. The first-order valence-electron chi connectivity index (χ1n) is 7.17. The Balaban J connectivity index is 1.80. The van der Waals surface area contributed by atoms with E-state index in [4.69, 9.17) is 0 Å². The second kappa shape index (κ2) is 6.55. The van der Waals surface area contributed by atoms with Crippen LogP contribution in [0, 0.1) is 13.8 Å². The number of benzene rings is 1. The van der Waals surface area contributed by atoms with Gasteiger partial charge in [-0.1, -0.05) is 34.3 Å². The number of carbonyl (C=O) groups excluding carboxylic acids is 1. The molecule has 0 bridgehead atoms. The highest BCUT2D eigenvalue weighted by molar-refractivity contribution is 7.15. The third-order valence-corrected chi connectivity index (χ3v) is 5.36. The molecule has 1 atom stereocenters. The zero-order chi connectivity index (χ0) is 16.4. The van der Waals surface area contributed by atoms with Crippen LogP contribution < -0.4 is 5.32 Å². The first-order chi connectivity index (χ1) is 11.0. The van der Waals surface area contributed by atoms with E-state index in [1.54, 1.807) is 16.7 Å². The second-order valence-corrected chi connectivity index (χ2v) is 6.96. The SMILES string of the molecule is Cc1ccc(-c2nc(C)c([C@@H](C)NC(=O)c3csnn3)s2)cc1. The predicted molar refractivity (Wildman–Crippen MR) is 92.8 cm³/mol. The third-order valence-electron chi connectivity index (χ3n) is 3.46. The average molecular weight is 344 g/mol. The van der Waals surface area contributed by atoms with Gasteiger partial charge in [-0.15, -0.1) is 16.4 Å². The summed E-state index contributed by atoms with van der Waals surface area (Å²) < 4.78 is 3.71. The Hall–Kier alpha value is -2.12. The van der Waals surface area contributed by atoms with Crippen molar-refractivity contribution in [3.8, 4) is 10.6 Å². The van der Waals surface area contributed by atoms with Crippen LogP contribution in [0.2, 0.25) is 0 Å². The van der Waals surface area contributed by atoms with Gasteiger partial charge < -0.3 is 5.32 Å². The summed E-state index contributed by atoms with van der Waals surface area (Å²) in [5.41, 5.74) is 3.61. The number of aryl methyl sites for hydroxylation is 2. The van der Waals surface area contributed by atoms with E-state index in [9.17, 15) is 4.79 Å². The monoisotopic (exact) mass is 344 g/mol. The Kier molecular flexibility index (Phi) is 4.49. The van der Waals surface area contributed by atoms with Crippen LogP contribution in [0.3, 0.4) is 0 Å². The number of amides is 1. The quantitative estimate of drug-likeness (QED) is 0.782. The number of rotatable bonds is 4. The topological polar surface area (TPSA) is 67.8 Å². The highest BCUT2D eigenvalue weighted by Crippen LogP contribution is 2.31. The zero-order valence-electron chi connectivity index (χ0n) is 13.0. The molecule has 1 N–H and O–H groups in total. The molecule has 118 valence electrons. The summed E-state index contributed by atoms with van der Waals surface area (Å²) in [6.45, 7) is 5.99. The summed E-state index contributed by atoms with van der Waals surface area (Å²) in [5, 5.41) is 9.34. The second-order valence-electron chi connectivity index (χ2n) is 5.32. The van der Waals surface area contributed by atoms with Crippen molar-refractivity contribution in [1.29, 1.82) is 0 Å². The molecular formula is C16H16N4OS2. The molecule has 23 heavy (non-hydrogen) atoms. The molecule has 3 aromatic rings. The first-order valence-corrected chi connectivity index (χ1v) is 8.82. The maximum absolute atomic E-state index is 12.1. The number of nitrogens with zero attached hydrogens (tertiary/aromatic N) is 3. The van der Waals surface area contributed by atoms with Gasteiger partial charge in [-0.25, -0.2) is 4.98 Å². The highest BCUT2D eigenvalue weighted by Gasteiger charge is 2.19. The maximum atomic E-state index is 12.1. The minimum absolute atomic E-state index is 0.124. The van der Waals surface area contributed by atoms with Crippen molar-refractivity contribution in [1.82, 2.24) is 19.9 Å². The Morgan fingerprint density at radius 2 is 1.96 bits per heavy atom. The summed E-state index contributed by atoms with van der Waals surface area (Å²) in [4.78, 5) is 17.8. The van der Waals surface area contributed by atoms with Gasteiger partial charge in [0, 0.05) is 10.9 Å². The molecule has 0 saturated heterocycles. The van der Waals surface area contributed by atoms with Crippen molar-refractivity contribution >= 4 is 28.8 Å². The Morgan fingerprint density at radius 3 is 2.61 bits per heavy atom.